The van der Waals surface area contributed by atoms with Gasteiger partial charge in [0.15, 0.2) is 0 Å². The second kappa shape index (κ2) is 8.93. The van der Waals surface area contributed by atoms with Gasteiger partial charge in [0.2, 0.25) is 5.91 Å². The molecular formula is C27H36N2O. The second-order valence-corrected chi connectivity index (χ2v) is 9.81. The van der Waals surface area contributed by atoms with Gasteiger partial charge in [-0.15, -0.1) is 0 Å². The van der Waals surface area contributed by atoms with E-state index in [0.717, 1.165) is 31.6 Å². The monoisotopic (exact) mass is 404 g/mol. The summed E-state index contributed by atoms with van der Waals surface area (Å²) in [6.45, 7) is 12.0. The molecule has 2 aromatic rings. The van der Waals surface area contributed by atoms with Gasteiger partial charge in [-0.25, -0.2) is 0 Å². The van der Waals surface area contributed by atoms with Crippen LogP contribution in [0.2, 0.25) is 0 Å². The van der Waals surface area contributed by atoms with E-state index in [1.807, 2.05) is 18.2 Å². The molecule has 4 atom stereocenters. The molecule has 0 spiro atoms. The van der Waals surface area contributed by atoms with E-state index in [0.29, 0.717) is 17.9 Å². The van der Waals surface area contributed by atoms with Crippen molar-refractivity contribution >= 4 is 5.91 Å². The van der Waals surface area contributed by atoms with Crippen molar-refractivity contribution in [3.63, 3.8) is 0 Å². The zero-order chi connectivity index (χ0) is 21.3. The molecule has 0 radical (unpaired) electrons. The van der Waals surface area contributed by atoms with E-state index in [4.69, 9.17) is 0 Å². The summed E-state index contributed by atoms with van der Waals surface area (Å²) in [5.41, 5.74) is 5.38. The van der Waals surface area contributed by atoms with Crippen molar-refractivity contribution in [1.82, 2.24) is 10.2 Å². The third kappa shape index (κ3) is 4.32. The summed E-state index contributed by atoms with van der Waals surface area (Å²) < 4.78 is 0. The third-order valence-electron chi connectivity index (χ3n) is 7.39. The fourth-order valence-electron chi connectivity index (χ4n) is 5.76. The number of likely N-dealkylation sites (tertiary alicyclic amines) is 1. The molecule has 1 heterocycles. The standard InChI is InChI=1S/C27H36N2O/c1-18(2)26(21-11-6-5-7-12-21)27(30)28-25-14-13-22-15-29(17-24(22)25)16-23-19(3)9-8-10-20(23)4/h5-12,18,22,24-26H,13-17H2,1-4H3,(H,28,30). The van der Waals surface area contributed by atoms with Crippen LogP contribution in [0.15, 0.2) is 48.5 Å². The molecule has 3 heteroatoms. The molecule has 2 fully saturated rings. The number of hydrogen-bond donors (Lipinski definition) is 1. The molecule has 1 aliphatic carbocycles. The number of nitrogens with zero attached hydrogens (tertiary/aromatic N) is 1. The van der Waals surface area contributed by atoms with Crippen LogP contribution >= 0.6 is 0 Å². The highest BCUT2D eigenvalue weighted by Gasteiger charge is 2.43. The van der Waals surface area contributed by atoms with E-state index in [9.17, 15) is 4.79 Å². The number of rotatable bonds is 6. The molecule has 4 unspecified atom stereocenters. The van der Waals surface area contributed by atoms with Gasteiger partial charge < -0.3 is 5.32 Å². The van der Waals surface area contributed by atoms with Crippen molar-refractivity contribution in [3.8, 4) is 0 Å². The van der Waals surface area contributed by atoms with E-state index in [1.54, 1.807) is 0 Å². The SMILES string of the molecule is Cc1cccc(C)c1CN1CC2CCC(NC(=O)C(c3ccccc3)C(C)C)C2C1. The van der Waals surface area contributed by atoms with Gasteiger partial charge in [-0.1, -0.05) is 62.4 Å². The lowest BCUT2D eigenvalue weighted by molar-refractivity contribution is -0.124. The maximum atomic E-state index is 13.3. The smallest absolute Gasteiger partial charge is 0.228 e. The van der Waals surface area contributed by atoms with Crippen LogP contribution in [0.5, 0.6) is 0 Å². The van der Waals surface area contributed by atoms with Crippen molar-refractivity contribution in [2.45, 2.75) is 59.0 Å². The number of amides is 1. The van der Waals surface area contributed by atoms with Crippen LogP contribution in [0.1, 0.15) is 54.9 Å². The van der Waals surface area contributed by atoms with Gasteiger partial charge in [-0.05, 0) is 66.7 Å². The quantitative estimate of drug-likeness (QED) is 0.729. The number of aryl methyl sites for hydroxylation is 2. The van der Waals surface area contributed by atoms with Crippen LogP contribution in [0, 0.1) is 31.6 Å². The van der Waals surface area contributed by atoms with E-state index in [-0.39, 0.29) is 17.7 Å². The average molecular weight is 405 g/mol. The minimum atomic E-state index is -0.0719. The molecule has 2 aromatic carbocycles. The average Bonchev–Trinajstić information content (AvgIpc) is 3.27. The summed E-state index contributed by atoms with van der Waals surface area (Å²) in [6.07, 6.45) is 2.36. The van der Waals surface area contributed by atoms with Gasteiger partial charge in [0.25, 0.3) is 0 Å². The highest BCUT2D eigenvalue weighted by molar-refractivity contribution is 5.84. The number of nitrogens with one attached hydrogen (secondary N) is 1. The lowest BCUT2D eigenvalue weighted by Crippen LogP contribution is -2.43. The first kappa shape index (κ1) is 21.1. The fraction of sp³-hybridized carbons (Fsp3) is 0.519. The summed E-state index contributed by atoms with van der Waals surface area (Å²) in [5.74, 6) is 1.72. The van der Waals surface area contributed by atoms with Crippen molar-refractivity contribution in [2.75, 3.05) is 13.1 Å². The molecule has 1 N–H and O–H groups in total. The maximum absolute atomic E-state index is 13.3. The number of fused-ring (bicyclic) bond motifs is 1. The minimum absolute atomic E-state index is 0.0719. The molecule has 3 nitrogen and oxygen atoms in total. The molecule has 1 amide bonds. The Morgan fingerprint density at radius 2 is 1.70 bits per heavy atom. The Balaban J connectivity index is 1.41. The van der Waals surface area contributed by atoms with E-state index in [1.165, 1.54) is 23.1 Å². The highest BCUT2D eigenvalue weighted by Crippen LogP contribution is 2.39. The largest absolute Gasteiger partial charge is 0.352 e. The molecule has 4 rings (SSSR count). The maximum Gasteiger partial charge on any atom is 0.228 e. The second-order valence-electron chi connectivity index (χ2n) is 9.81. The molecule has 1 aliphatic heterocycles. The predicted molar refractivity (Wildman–Crippen MR) is 123 cm³/mol. The molecule has 30 heavy (non-hydrogen) atoms. The number of carbonyl (C=O) groups excluding carboxylic acids is 1. The Morgan fingerprint density at radius 3 is 2.37 bits per heavy atom. The van der Waals surface area contributed by atoms with Crippen LogP contribution in [0.25, 0.3) is 0 Å². The van der Waals surface area contributed by atoms with Crippen LogP contribution in [0.4, 0.5) is 0 Å². The van der Waals surface area contributed by atoms with Crippen LogP contribution in [-0.4, -0.2) is 29.9 Å². The summed E-state index contributed by atoms with van der Waals surface area (Å²) in [7, 11) is 0. The van der Waals surface area contributed by atoms with Gasteiger partial charge in [-0.3, -0.25) is 9.69 Å². The Hall–Kier alpha value is -2.13. The molecule has 1 saturated heterocycles. The lowest BCUT2D eigenvalue weighted by atomic mass is 9.87. The predicted octanol–water partition coefficient (Wildman–Crippen LogP) is 5.07. The van der Waals surface area contributed by atoms with Crippen molar-refractivity contribution in [2.24, 2.45) is 17.8 Å². The summed E-state index contributed by atoms with van der Waals surface area (Å²) in [6, 6.07) is 17.2. The molecule has 160 valence electrons. The number of hydrogen-bond acceptors (Lipinski definition) is 2. The third-order valence-corrected chi connectivity index (χ3v) is 7.39. The van der Waals surface area contributed by atoms with Gasteiger partial charge in [-0.2, -0.15) is 0 Å². The van der Waals surface area contributed by atoms with Gasteiger partial charge >= 0.3 is 0 Å². The Kier molecular flexibility index (Phi) is 6.29. The molecule has 1 saturated carbocycles. The van der Waals surface area contributed by atoms with Gasteiger partial charge in [0.05, 0.1) is 5.92 Å². The summed E-state index contributed by atoms with van der Waals surface area (Å²) >= 11 is 0. The number of carbonyl (C=O) groups is 1. The van der Waals surface area contributed by atoms with Crippen molar-refractivity contribution in [1.29, 1.82) is 0 Å². The fourth-order valence-corrected chi connectivity index (χ4v) is 5.76. The minimum Gasteiger partial charge on any atom is -0.352 e. The Morgan fingerprint density at radius 1 is 1.00 bits per heavy atom. The van der Waals surface area contributed by atoms with E-state index < -0.39 is 0 Å². The zero-order valence-electron chi connectivity index (χ0n) is 18.9. The molecule has 2 aliphatic rings. The van der Waals surface area contributed by atoms with Crippen molar-refractivity contribution in [3.05, 3.63) is 70.8 Å². The Labute approximate surface area is 181 Å². The van der Waals surface area contributed by atoms with Crippen LogP contribution in [-0.2, 0) is 11.3 Å². The zero-order valence-corrected chi connectivity index (χ0v) is 18.9. The molecule has 0 bridgehead atoms. The van der Waals surface area contributed by atoms with E-state index in [2.05, 4.69) is 68.2 Å². The van der Waals surface area contributed by atoms with E-state index >= 15 is 0 Å². The Bertz CT molecular complexity index is 855. The first-order valence-corrected chi connectivity index (χ1v) is 11.6. The van der Waals surface area contributed by atoms with Crippen molar-refractivity contribution < 1.29 is 4.79 Å². The lowest BCUT2D eigenvalue weighted by Gasteiger charge is -2.26. The topological polar surface area (TPSA) is 32.3 Å². The van der Waals surface area contributed by atoms with Gasteiger partial charge in [0, 0.05) is 25.7 Å². The highest BCUT2D eigenvalue weighted by atomic mass is 16.2. The normalized spacial score (nSPS) is 24.8. The summed E-state index contributed by atoms with van der Waals surface area (Å²) in [5, 5.41) is 3.47. The number of benzene rings is 2. The molecule has 0 aromatic heterocycles. The molecular weight excluding hydrogens is 368 g/mol. The first-order chi connectivity index (χ1) is 14.4. The van der Waals surface area contributed by atoms with Crippen LogP contribution in [0.3, 0.4) is 0 Å². The van der Waals surface area contributed by atoms with Gasteiger partial charge in [0.1, 0.15) is 0 Å². The first-order valence-electron chi connectivity index (χ1n) is 11.6. The summed E-state index contributed by atoms with van der Waals surface area (Å²) in [4.78, 5) is 15.9. The van der Waals surface area contributed by atoms with Crippen LogP contribution < -0.4 is 5.32 Å².